The van der Waals surface area contributed by atoms with Gasteiger partial charge in [0.1, 0.15) is 24.2 Å². The predicted molar refractivity (Wildman–Crippen MR) is 247 cm³/mol. The van der Waals surface area contributed by atoms with Gasteiger partial charge in [0.05, 0.1) is 10.8 Å². The Labute approximate surface area is 383 Å². The summed E-state index contributed by atoms with van der Waals surface area (Å²) in [5.74, 6) is -2.32. The number of rotatable bonds is 11. The molecule has 2 aromatic carbocycles. The van der Waals surface area contributed by atoms with Crippen molar-refractivity contribution in [3.63, 3.8) is 0 Å². The normalized spacial score (nSPS) is 27.7. The van der Waals surface area contributed by atoms with E-state index in [0.717, 1.165) is 73.6 Å². The molecule has 7 amide bonds. The molecule has 0 aliphatic heterocycles. The third-order valence-electron chi connectivity index (χ3n) is 15.3. The maximum absolute atomic E-state index is 14.8. The highest BCUT2D eigenvalue weighted by molar-refractivity contribution is 6.01. The van der Waals surface area contributed by atoms with E-state index in [1.165, 1.54) is 0 Å². The van der Waals surface area contributed by atoms with Gasteiger partial charge in [-0.3, -0.25) is 29.3 Å². The van der Waals surface area contributed by atoms with Crippen LogP contribution < -0.4 is 31.9 Å². The van der Waals surface area contributed by atoms with E-state index in [4.69, 9.17) is 9.84 Å². The summed E-state index contributed by atoms with van der Waals surface area (Å²) in [4.78, 5) is 92.2. The zero-order valence-electron chi connectivity index (χ0n) is 39.8. The Morgan fingerprint density at radius 3 is 1.66 bits per heavy atom. The molecule has 0 aromatic heterocycles. The lowest BCUT2D eigenvalue weighted by atomic mass is 9.49. The topological polar surface area (TPSA) is 221 Å². The van der Waals surface area contributed by atoms with Gasteiger partial charge < -0.3 is 36.4 Å². The van der Waals surface area contributed by atoms with Crippen molar-refractivity contribution in [3.8, 4) is 0 Å². The summed E-state index contributed by atoms with van der Waals surface area (Å²) in [5.41, 5.74) is 2.37. The first kappa shape index (κ1) is 49.0. The minimum atomic E-state index is -1.28. The predicted octanol–water partition coefficient (Wildman–Crippen LogP) is 7.25. The molecule has 2 saturated carbocycles. The van der Waals surface area contributed by atoms with E-state index < -0.39 is 69.3 Å². The Hall–Kier alpha value is -5.47. The van der Waals surface area contributed by atoms with E-state index in [1.807, 2.05) is 50.2 Å². The first-order valence-corrected chi connectivity index (χ1v) is 23.3. The Bertz CT molecular complexity index is 2240. The van der Waals surface area contributed by atoms with E-state index >= 15 is 0 Å². The number of benzene rings is 2. The number of ether oxygens (including phenoxy) is 1. The van der Waals surface area contributed by atoms with Crippen LogP contribution in [0.2, 0.25) is 0 Å². The van der Waals surface area contributed by atoms with Crippen molar-refractivity contribution in [2.45, 2.75) is 162 Å². The Balaban J connectivity index is 1.15. The molecule has 0 bridgehead atoms. The Morgan fingerprint density at radius 2 is 1.20 bits per heavy atom. The quantitative estimate of drug-likeness (QED) is 0.113. The number of hydrogen-bond acceptors (Lipinski definition) is 8. The molecule has 4 aliphatic carbocycles. The molecule has 15 heteroatoms. The zero-order valence-corrected chi connectivity index (χ0v) is 39.8. The molecule has 4 aliphatic rings. The molecule has 2 aromatic rings. The van der Waals surface area contributed by atoms with Crippen LogP contribution in [0.4, 0.5) is 21.0 Å². The van der Waals surface area contributed by atoms with Gasteiger partial charge in [-0.1, -0.05) is 66.5 Å². The van der Waals surface area contributed by atoms with Crippen LogP contribution in [0.3, 0.4) is 0 Å². The second kappa shape index (κ2) is 18.4. The lowest BCUT2D eigenvalue weighted by molar-refractivity contribution is -0.150. The van der Waals surface area contributed by atoms with E-state index in [0.29, 0.717) is 24.2 Å². The number of carbonyl (C=O) groups excluding carboxylic acids is 6. The smallest absolute Gasteiger partial charge is 0.408 e. The van der Waals surface area contributed by atoms with Crippen molar-refractivity contribution < 1.29 is 43.4 Å². The van der Waals surface area contributed by atoms with Gasteiger partial charge in [-0.15, -0.1) is 0 Å². The number of nitrogens with one attached hydrogen (secondary N) is 6. The van der Waals surface area contributed by atoms with Crippen molar-refractivity contribution in [2.75, 3.05) is 17.2 Å². The summed E-state index contributed by atoms with van der Waals surface area (Å²) >= 11 is 0. The molecular formula is C50H70N6O9. The van der Waals surface area contributed by atoms with Crippen LogP contribution >= 0.6 is 0 Å². The molecule has 0 unspecified atom stereocenters. The number of anilines is 2. The lowest BCUT2D eigenvalue weighted by Gasteiger charge is -2.56. The number of carbonyl (C=O) groups is 7. The van der Waals surface area contributed by atoms with Crippen LogP contribution in [-0.2, 0) is 52.4 Å². The Kier molecular flexibility index (Phi) is 13.9. The maximum atomic E-state index is 14.8. The molecule has 0 heterocycles. The number of alkyl carbamates (subject to hydrolysis) is 1. The third kappa shape index (κ3) is 10.0. The number of aryl methyl sites for hydroxylation is 2. The van der Waals surface area contributed by atoms with E-state index in [2.05, 4.69) is 45.7 Å². The van der Waals surface area contributed by atoms with Crippen LogP contribution in [0.1, 0.15) is 143 Å². The van der Waals surface area contributed by atoms with Crippen molar-refractivity contribution in [3.05, 3.63) is 58.7 Å². The SMILES string of the molecule is CC(C)[C@H](NC(=O)OC(C)(C)C)C(=O)N[C@@H](C)C(=O)Nc1ccc2c(c1)[C@@]1(C)CCC[C@](C)(C(=O)NC(=O)[C@@]3(C)CCC[C@]4(C)c5cc(NC(=O)CNC(=O)O)ccc5CC[C@@H]34)[C@@H]1CC2. The zero-order chi connectivity index (χ0) is 47.9. The molecule has 354 valence electrons. The summed E-state index contributed by atoms with van der Waals surface area (Å²) in [5, 5.41) is 25.2. The van der Waals surface area contributed by atoms with Gasteiger partial charge in [-0.2, -0.15) is 0 Å². The summed E-state index contributed by atoms with van der Waals surface area (Å²) in [6.45, 7) is 18.4. The molecular weight excluding hydrogens is 829 g/mol. The maximum Gasteiger partial charge on any atom is 0.408 e. The Morgan fingerprint density at radius 1 is 0.708 bits per heavy atom. The number of carboxylic acid groups (broad SMARTS) is 1. The molecule has 0 saturated heterocycles. The van der Waals surface area contributed by atoms with Crippen LogP contribution in [0, 0.1) is 28.6 Å². The van der Waals surface area contributed by atoms with Gasteiger partial charge in [0.25, 0.3) is 0 Å². The molecule has 0 spiro atoms. The minimum absolute atomic E-state index is 0.0649. The third-order valence-corrected chi connectivity index (χ3v) is 15.3. The number of amides is 7. The fourth-order valence-electron chi connectivity index (χ4n) is 12.0. The van der Waals surface area contributed by atoms with Gasteiger partial charge in [-0.05, 0) is 154 Å². The van der Waals surface area contributed by atoms with Gasteiger partial charge in [-0.25, -0.2) is 9.59 Å². The summed E-state index contributed by atoms with van der Waals surface area (Å²) < 4.78 is 5.35. The van der Waals surface area contributed by atoms with Crippen molar-refractivity contribution in [1.82, 2.24) is 21.3 Å². The van der Waals surface area contributed by atoms with Gasteiger partial charge in [0.2, 0.25) is 29.5 Å². The molecule has 15 nitrogen and oxygen atoms in total. The molecule has 6 rings (SSSR count). The average molecular weight is 899 g/mol. The van der Waals surface area contributed by atoms with Crippen LogP contribution in [0.25, 0.3) is 0 Å². The van der Waals surface area contributed by atoms with Crippen LogP contribution in [0.5, 0.6) is 0 Å². The first-order valence-electron chi connectivity index (χ1n) is 23.3. The molecule has 7 N–H and O–H groups in total. The van der Waals surface area contributed by atoms with Gasteiger partial charge in [0.15, 0.2) is 0 Å². The second-order valence-electron chi connectivity index (χ2n) is 21.4. The fraction of sp³-hybridized carbons (Fsp3) is 0.620. The molecule has 65 heavy (non-hydrogen) atoms. The highest BCUT2D eigenvalue weighted by Gasteiger charge is 2.58. The minimum Gasteiger partial charge on any atom is -0.465 e. The highest BCUT2D eigenvalue weighted by atomic mass is 16.6. The van der Waals surface area contributed by atoms with Gasteiger partial charge in [0, 0.05) is 11.4 Å². The molecule has 2 fully saturated rings. The fourth-order valence-corrected chi connectivity index (χ4v) is 12.0. The monoisotopic (exact) mass is 899 g/mol. The standard InChI is InChI=1S/C50H70N6O9/c1-28(2)39(55-45(64)65-46(4,5)6)41(59)52-29(3)40(58)54-33-18-14-31-16-20-37-48(8,35(31)26-33)22-12-24-50(37,10)43(61)56-42(60)49(9)23-11-21-47(7)34-25-32(53-38(57)27-51-44(62)63)17-13-30(34)15-19-36(47)49/h13-14,17-18,25-26,28-29,36-37,39,51H,11-12,15-16,19-24,27H2,1-10H3,(H,52,59)(H,53,57)(H,54,58)(H,55,64)(H,62,63)(H,56,60,61)/t29-,36+,37+,39-,47+,48+,49-,50-/m0/s1. The summed E-state index contributed by atoms with van der Waals surface area (Å²) in [6.07, 6.45) is 5.55. The first-order chi connectivity index (χ1) is 30.3. The van der Waals surface area contributed by atoms with Crippen LogP contribution in [0.15, 0.2) is 36.4 Å². The lowest BCUT2D eigenvalue weighted by Crippen LogP contribution is -2.60. The summed E-state index contributed by atoms with van der Waals surface area (Å²) in [7, 11) is 0. The molecule has 0 radical (unpaired) electrons. The van der Waals surface area contributed by atoms with Crippen molar-refractivity contribution >= 4 is 53.1 Å². The van der Waals surface area contributed by atoms with Gasteiger partial charge >= 0.3 is 12.2 Å². The average Bonchev–Trinajstić information content (AvgIpc) is 3.21. The number of imide groups is 1. The second-order valence-corrected chi connectivity index (χ2v) is 21.4. The molecule has 8 atom stereocenters. The van der Waals surface area contributed by atoms with Crippen molar-refractivity contribution in [2.24, 2.45) is 28.6 Å². The van der Waals surface area contributed by atoms with E-state index in [9.17, 15) is 33.6 Å². The van der Waals surface area contributed by atoms with E-state index in [-0.39, 0.29) is 36.1 Å². The number of hydrogen-bond donors (Lipinski definition) is 7. The number of fused-ring (bicyclic) bond motifs is 6. The highest BCUT2D eigenvalue weighted by Crippen LogP contribution is 2.60. The summed E-state index contributed by atoms with van der Waals surface area (Å²) in [6, 6.07) is 9.85. The largest absolute Gasteiger partial charge is 0.465 e. The van der Waals surface area contributed by atoms with Crippen molar-refractivity contribution in [1.29, 1.82) is 0 Å². The van der Waals surface area contributed by atoms with Crippen LogP contribution in [-0.4, -0.2) is 71.1 Å². The van der Waals surface area contributed by atoms with E-state index in [1.54, 1.807) is 41.5 Å².